The Kier molecular flexibility index (Phi) is 7.55. The summed E-state index contributed by atoms with van der Waals surface area (Å²) in [5, 5.41) is 0. The summed E-state index contributed by atoms with van der Waals surface area (Å²) in [6.07, 6.45) is 7.07. The Balaban J connectivity index is 0.000000173. The zero-order valence-electron chi connectivity index (χ0n) is 13.4. The number of nitrogens with zero attached hydrogens (tertiary/aromatic N) is 4. The van der Waals surface area contributed by atoms with Crippen molar-refractivity contribution in [3.8, 4) is 22.8 Å². The fourth-order valence-corrected chi connectivity index (χ4v) is 2.06. The van der Waals surface area contributed by atoms with Crippen LogP contribution in [0.1, 0.15) is 0 Å². The first kappa shape index (κ1) is 18.6. The van der Waals surface area contributed by atoms with Crippen molar-refractivity contribution in [2.24, 2.45) is 0 Å². The minimum atomic E-state index is 0. The van der Waals surface area contributed by atoms with E-state index in [1.54, 1.807) is 24.8 Å². The van der Waals surface area contributed by atoms with Crippen molar-refractivity contribution in [1.29, 1.82) is 0 Å². The average Bonchev–Trinajstić information content (AvgIpc) is 2.71. The molecule has 5 heteroatoms. The van der Waals surface area contributed by atoms with Crippen LogP contribution in [0.4, 0.5) is 0 Å². The Morgan fingerprint density at radius 3 is 0.760 bits per heavy atom. The van der Waals surface area contributed by atoms with E-state index >= 15 is 0 Å². The quantitative estimate of drug-likeness (QED) is 0.459. The maximum absolute atomic E-state index is 4.19. The summed E-state index contributed by atoms with van der Waals surface area (Å²) in [4.78, 5) is 16.7. The van der Waals surface area contributed by atoms with Gasteiger partial charge in [-0.3, -0.25) is 19.9 Å². The third-order valence-corrected chi connectivity index (χ3v) is 3.18. The molecule has 0 aliphatic heterocycles. The van der Waals surface area contributed by atoms with E-state index in [4.69, 9.17) is 0 Å². The van der Waals surface area contributed by atoms with Crippen molar-refractivity contribution in [2.75, 3.05) is 0 Å². The first-order valence-electron chi connectivity index (χ1n) is 7.58. The second-order valence-electron chi connectivity index (χ2n) is 4.86. The number of aromatic nitrogens is 4. The molecule has 0 atom stereocenters. The fraction of sp³-hybridized carbons (Fsp3) is 0. The molecule has 0 bridgehead atoms. The van der Waals surface area contributed by atoms with E-state index < -0.39 is 0 Å². The van der Waals surface area contributed by atoms with E-state index in [1.165, 1.54) is 0 Å². The molecule has 1 radical (unpaired) electrons. The number of hydrogen-bond acceptors (Lipinski definition) is 4. The molecule has 125 valence electrons. The molecule has 25 heavy (non-hydrogen) atoms. The molecule has 4 aromatic rings. The van der Waals surface area contributed by atoms with E-state index in [9.17, 15) is 0 Å². The van der Waals surface area contributed by atoms with Gasteiger partial charge in [0.2, 0.25) is 0 Å². The van der Waals surface area contributed by atoms with Crippen molar-refractivity contribution in [3.05, 3.63) is 97.6 Å². The molecular weight excluding hydrogens is 399 g/mol. The zero-order valence-corrected chi connectivity index (χ0v) is 15.0. The molecule has 0 aliphatic carbocycles. The van der Waals surface area contributed by atoms with E-state index in [2.05, 4.69) is 19.9 Å². The Morgan fingerprint density at radius 1 is 0.360 bits per heavy atom. The summed E-state index contributed by atoms with van der Waals surface area (Å²) in [6.45, 7) is 0. The van der Waals surface area contributed by atoms with E-state index in [0.29, 0.717) is 0 Å². The Bertz CT molecular complexity index is 692. The molecule has 0 N–H and O–H groups in total. The van der Waals surface area contributed by atoms with Gasteiger partial charge in [0, 0.05) is 44.3 Å². The first-order chi connectivity index (χ1) is 11.9. The summed E-state index contributed by atoms with van der Waals surface area (Å²) in [7, 11) is 0. The summed E-state index contributed by atoms with van der Waals surface area (Å²) in [5.74, 6) is 0. The molecular formula is C20H16N4Rh. The molecule has 4 aromatic heterocycles. The van der Waals surface area contributed by atoms with Crippen LogP contribution in [0.2, 0.25) is 0 Å². The predicted octanol–water partition coefficient (Wildman–Crippen LogP) is 4.28. The topological polar surface area (TPSA) is 51.6 Å². The Hall–Kier alpha value is -2.78. The fourth-order valence-electron chi connectivity index (χ4n) is 2.06. The molecule has 4 heterocycles. The van der Waals surface area contributed by atoms with Gasteiger partial charge in [-0.25, -0.2) is 0 Å². The predicted molar refractivity (Wildman–Crippen MR) is 94.9 cm³/mol. The van der Waals surface area contributed by atoms with Crippen LogP contribution in [0.25, 0.3) is 22.8 Å². The van der Waals surface area contributed by atoms with Gasteiger partial charge >= 0.3 is 0 Å². The minimum absolute atomic E-state index is 0. The standard InChI is InChI=1S/2C10H8N2.Rh/c2*1-3-7-11-9(5-1)10-6-2-4-8-12-10;/h2*1-8H;. The largest absolute Gasteiger partial charge is 0.255 e. The van der Waals surface area contributed by atoms with Gasteiger partial charge in [0.25, 0.3) is 0 Å². The van der Waals surface area contributed by atoms with Crippen molar-refractivity contribution in [2.45, 2.75) is 0 Å². The molecule has 0 spiro atoms. The number of rotatable bonds is 2. The van der Waals surface area contributed by atoms with Crippen LogP contribution >= 0.6 is 0 Å². The smallest absolute Gasteiger partial charge is 0.0886 e. The maximum atomic E-state index is 4.19. The van der Waals surface area contributed by atoms with Crippen molar-refractivity contribution in [3.63, 3.8) is 0 Å². The van der Waals surface area contributed by atoms with Gasteiger partial charge in [0.1, 0.15) is 0 Å². The van der Waals surface area contributed by atoms with Gasteiger partial charge in [-0.15, -0.1) is 0 Å². The van der Waals surface area contributed by atoms with E-state index in [1.807, 2.05) is 72.8 Å². The molecule has 0 aliphatic rings. The van der Waals surface area contributed by atoms with E-state index in [0.717, 1.165) is 22.8 Å². The maximum Gasteiger partial charge on any atom is 0.0886 e. The van der Waals surface area contributed by atoms with E-state index in [-0.39, 0.29) is 19.5 Å². The summed E-state index contributed by atoms with van der Waals surface area (Å²) >= 11 is 0. The van der Waals surface area contributed by atoms with Crippen LogP contribution in [0.15, 0.2) is 97.6 Å². The monoisotopic (exact) mass is 415 g/mol. The van der Waals surface area contributed by atoms with Gasteiger partial charge in [-0.05, 0) is 48.5 Å². The summed E-state index contributed by atoms with van der Waals surface area (Å²) in [5.41, 5.74) is 3.66. The summed E-state index contributed by atoms with van der Waals surface area (Å²) in [6, 6.07) is 23.2. The molecule has 0 saturated heterocycles. The molecule has 0 fully saturated rings. The molecule has 4 nitrogen and oxygen atoms in total. The van der Waals surface area contributed by atoms with Crippen LogP contribution < -0.4 is 0 Å². The Morgan fingerprint density at radius 2 is 0.600 bits per heavy atom. The van der Waals surface area contributed by atoms with Gasteiger partial charge in [0.05, 0.1) is 22.8 Å². The van der Waals surface area contributed by atoms with Crippen LogP contribution in [0, 0.1) is 0 Å². The molecule has 4 rings (SSSR count). The number of pyridine rings is 4. The SMILES string of the molecule is [Rh].c1ccc(-c2ccccn2)nc1.c1ccc(-c2ccccn2)nc1. The molecule has 0 saturated carbocycles. The van der Waals surface area contributed by atoms with Gasteiger partial charge in [-0.2, -0.15) is 0 Å². The van der Waals surface area contributed by atoms with Crippen LogP contribution in [0.5, 0.6) is 0 Å². The third kappa shape index (κ3) is 5.66. The van der Waals surface area contributed by atoms with Crippen molar-refractivity contribution < 1.29 is 19.5 Å². The second kappa shape index (κ2) is 10.2. The third-order valence-electron chi connectivity index (χ3n) is 3.18. The van der Waals surface area contributed by atoms with Gasteiger partial charge in [-0.1, -0.05) is 24.3 Å². The summed E-state index contributed by atoms with van der Waals surface area (Å²) < 4.78 is 0. The van der Waals surface area contributed by atoms with Crippen LogP contribution in [0.3, 0.4) is 0 Å². The van der Waals surface area contributed by atoms with Crippen LogP contribution in [-0.4, -0.2) is 19.9 Å². The Labute approximate surface area is 159 Å². The second-order valence-corrected chi connectivity index (χ2v) is 4.86. The van der Waals surface area contributed by atoms with Gasteiger partial charge < -0.3 is 0 Å². The average molecular weight is 415 g/mol. The molecule has 0 unspecified atom stereocenters. The first-order valence-corrected chi connectivity index (χ1v) is 7.58. The van der Waals surface area contributed by atoms with Crippen molar-refractivity contribution >= 4 is 0 Å². The molecule has 0 aromatic carbocycles. The van der Waals surface area contributed by atoms with Crippen LogP contribution in [-0.2, 0) is 19.5 Å². The minimum Gasteiger partial charge on any atom is -0.255 e. The van der Waals surface area contributed by atoms with Gasteiger partial charge in [0.15, 0.2) is 0 Å². The normalized spacial score (nSPS) is 9.28. The van der Waals surface area contributed by atoms with Crippen molar-refractivity contribution in [1.82, 2.24) is 19.9 Å². The zero-order chi connectivity index (χ0) is 16.5. The number of hydrogen-bond donors (Lipinski definition) is 0. The molecule has 0 amide bonds.